The van der Waals surface area contributed by atoms with Crippen LogP contribution in [0, 0.1) is 5.92 Å². The molecule has 0 spiro atoms. The van der Waals surface area contributed by atoms with E-state index in [9.17, 15) is 9.59 Å². The van der Waals surface area contributed by atoms with E-state index in [4.69, 9.17) is 13.9 Å². The summed E-state index contributed by atoms with van der Waals surface area (Å²) >= 11 is 0. The number of nitrogens with one attached hydrogen (secondary N) is 1. The summed E-state index contributed by atoms with van der Waals surface area (Å²) < 4.78 is 17.9. The number of carbonyl (C=O) groups excluding carboxylic acids is 2. The number of ether oxygens (including phenoxy) is 2. The third kappa shape index (κ3) is 6.56. The predicted octanol–water partition coefficient (Wildman–Crippen LogP) is 4.80. The maximum absolute atomic E-state index is 12.7. The Bertz CT molecular complexity index is 974. The van der Waals surface area contributed by atoms with Gasteiger partial charge in [-0.2, -0.15) is 0 Å². The van der Waals surface area contributed by atoms with Crippen LogP contribution in [-0.4, -0.2) is 45.2 Å². The average Bonchev–Trinajstić information content (AvgIpc) is 2.81. The minimum Gasteiger partial charge on any atom is -0.469 e. The SMILES string of the molecule is COC(=O)C1CC(NC(=O)OC(C)(C)C)CC(O[Si](c2ccccc2)(c2ccccc2)C(C)(C)C)C1. The molecule has 0 aliphatic heterocycles. The molecule has 3 atom stereocenters. The Hall–Kier alpha value is -2.64. The lowest BCUT2D eigenvalue weighted by Crippen LogP contribution is -2.68. The summed E-state index contributed by atoms with van der Waals surface area (Å²) in [5, 5.41) is 5.15. The highest BCUT2D eigenvalue weighted by molar-refractivity contribution is 6.99. The number of carbonyl (C=O) groups is 2. The maximum Gasteiger partial charge on any atom is 0.407 e. The summed E-state index contributed by atoms with van der Waals surface area (Å²) in [6.07, 6.45) is 0.907. The van der Waals surface area contributed by atoms with Crippen molar-refractivity contribution >= 4 is 30.8 Å². The third-order valence-electron chi connectivity index (χ3n) is 6.68. The normalized spacial score (nSPS) is 20.9. The molecule has 7 heteroatoms. The number of amides is 1. The average molecular weight is 512 g/mol. The Balaban J connectivity index is 2.00. The first-order valence-corrected chi connectivity index (χ1v) is 14.6. The monoisotopic (exact) mass is 511 g/mol. The summed E-state index contributed by atoms with van der Waals surface area (Å²) in [5.74, 6) is -0.645. The Labute approximate surface area is 216 Å². The van der Waals surface area contributed by atoms with Gasteiger partial charge in [-0.15, -0.1) is 0 Å². The topological polar surface area (TPSA) is 73.9 Å². The fourth-order valence-electron chi connectivity index (χ4n) is 5.26. The summed E-state index contributed by atoms with van der Waals surface area (Å²) in [4.78, 5) is 25.3. The van der Waals surface area contributed by atoms with Gasteiger partial charge in [-0.25, -0.2) is 4.79 Å². The van der Waals surface area contributed by atoms with E-state index in [1.54, 1.807) is 0 Å². The van der Waals surface area contributed by atoms with E-state index < -0.39 is 20.0 Å². The van der Waals surface area contributed by atoms with Gasteiger partial charge in [-0.05, 0) is 55.4 Å². The number of alkyl carbamates (subject to hydrolysis) is 1. The first-order chi connectivity index (χ1) is 16.9. The van der Waals surface area contributed by atoms with E-state index in [0.29, 0.717) is 19.3 Å². The van der Waals surface area contributed by atoms with Gasteiger partial charge < -0.3 is 19.2 Å². The van der Waals surface area contributed by atoms with E-state index in [2.05, 4.69) is 74.6 Å². The number of rotatable bonds is 6. The lowest BCUT2D eigenvalue weighted by Gasteiger charge is -2.47. The number of methoxy groups -OCH3 is 1. The molecule has 196 valence electrons. The van der Waals surface area contributed by atoms with Crippen LogP contribution in [0.2, 0.25) is 5.04 Å². The molecule has 2 aromatic carbocycles. The molecule has 1 aliphatic rings. The van der Waals surface area contributed by atoms with E-state index >= 15 is 0 Å². The van der Waals surface area contributed by atoms with Crippen molar-refractivity contribution in [2.75, 3.05) is 7.11 Å². The molecule has 0 bridgehead atoms. The van der Waals surface area contributed by atoms with Crippen LogP contribution in [0.15, 0.2) is 60.7 Å². The minimum absolute atomic E-state index is 0.192. The molecule has 0 aromatic heterocycles. The molecule has 6 nitrogen and oxygen atoms in total. The van der Waals surface area contributed by atoms with Crippen molar-refractivity contribution in [3.63, 3.8) is 0 Å². The Morgan fingerprint density at radius 3 is 1.81 bits per heavy atom. The lowest BCUT2D eigenvalue weighted by atomic mass is 9.84. The second kappa shape index (κ2) is 11.2. The molecule has 3 unspecified atom stereocenters. The predicted molar refractivity (Wildman–Crippen MR) is 145 cm³/mol. The molecule has 0 radical (unpaired) electrons. The number of esters is 1. The number of hydrogen-bond acceptors (Lipinski definition) is 5. The molecule has 1 aliphatic carbocycles. The Kier molecular flexibility index (Phi) is 8.67. The largest absolute Gasteiger partial charge is 0.469 e. The van der Waals surface area contributed by atoms with E-state index in [-0.39, 0.29) is 29.1 Å². The Morgan fingerprint density at radius 1 is 0.833 bits per heavy atom. The van der Waals surface area contributed by atoms with Gasteiger partial charge in [0.2, 0.25) is 0 Å². The van der Waals surface area contributed by atoms with Gasteiger partial charge >= 0.3 is 12.1 Å². The van der Waals surface area contributed by atoms with Crippen molar-refractivity contribution < 1.29 is 23.5 Å². The zero-order valence-electron chi connectivity index (χ0n) is 22.7. The maximum atomic E-state index is 12.7. The van der Waals surface area contributed by atoms with Gasteiger partial charge in [0, 0.05) is 12.1 Å². The van der Waals surface area contributed by atoms with E-state index in [1.807, 2.05) is 32.9 Å². The highest BCUT2D eigenvalue weighted by atomic mass is 28.4. The van der Waals surface area contributed by atoms with Crippen molar-refractivity contribution in [2.24, 2.45) is 5.92 Å². The third-order valence-corrected chi connectivity index (χ3v) is 11.8. The van der Waals surface area contributed by atoms with Crippen LogP contribution in [0.5, 0.6) is 0 Å². The van der Waals surface area contributed by atoms with Crippen molar-refractivity contribution in [2.45, 2.75) is 83.6 Å². The summed E-state index contributed by atoms with van der Waals surface area (Å²) in [5.41, 5.74) is -0.606. The molecular formula is C29H41NO5Si. The van der Waals surface area contributed by atoms with Crippen LogP contribution < -0.4 is 15.7 Å². The van der Waals surface area contributed by atoms with Gasteiger partial charge in [0.15, 0.2) is 0 Å². The number of hydrogen-bond donors (Lipinski definition) is 1. The summed E-state index contributed by atoms with van der Waals surface area (Å²) in [6, 6.07) is 20.6. The lowest BCUT2D eigenvalue weighted by molar-refractivity contribution is -0.148. The molecule has 1 amide bonds. The van der Waals surface area contributed by atoms with Crippen LogP contribution in [0.4, 0.5) is 4.79 Å². The standard InChI is InChI=1S/C29H41NO5Si/c1-28(2,3)34-27(32)30-22-18-21(26(31)33-7)19-23(20-22)35-36(29(4,5)6,24-14-10-8-11-15-24)25-16-12-9-13-17-25/h8-17,21-23H,18-20H2,1-7H3,(H,30,32). The number of benzene rings is 2. The summed E-state index contributed by atoms with van der Waals surface area (Å²) in [6.45, 7) is 12.2. The zero-order valence-corrected chi connectivity index (χ0v) is 23.7. The molecule has 1 fully saturated rings. The van der Waals surface area contributed by atoms with Gasteiger partial charge in [-0.3, -0.25) is 4.79 Å². The van der Waals surface area contributed by atoms with Crippen molar-refractivity contribution in [3.05, 3.63) is 60.7 Å². The molecule has 1 saturated carbocycles. The molecular weight excluding hydrogens is 470 g/mol. The van der Waals surface area contributed by atoms with Gasteiger partial charge in [0.25, 0.3) is 8.32 Å². The van der Waals surface area contributed by atoms with E-state index in [0.717, 1.165) is 0 Å². The highest BCUT2D eigenvalue weighted by Gasteiger charge is 2.52. The van der Waals surface area contributed by atoms with Crippen LogP contribution >= 0.6 is 0 Å². The molecule has 2 aromatic rings. The van der Waals surface area contributed by atoms with Crippen LogP contribution in [-0.2, 0) is 18.7 Å². The highest BCUT2D eigenvalue weighted by Crippen LogP contribution is 2.40. The fourth-order valence-corrected chi connectivity index (χ4v) is 9.96. The van der Waals surface area contributed by atoms with Crippen molar-refractivity contribution in [1.29, 1.82) is 0 Å². The smallest absolute Gasteiger partial charge is 0.407 e. The molecule has 36 heavy (non-hydrogen) atoms. The van der Waals surface area contributed by atoms with E-state index in [1.165, 1.54) is 17.5 Å². The summed E-state index contributed by atoms with van der Waals surface area (Å²) in [7, 11) is -1.41. The molecule has 0 saturated heterocycles. The first kappa shape index (κ1) is 27.9. The van der Waals surface area contributed by atoms with Crippen LogP contribution in [0.25, 0.3) is 0 Å². The minimum atomic E-state index is -2.82. The van der Waals surface area contributed by atoms with Crippen molar-refractivity contribution in [1.82, 2.24) is 5.32 Å². The quantitative estimate of drug-likeness (QED) is 0.446. The molecule has 1 N–H and O–H groups in total. The van der Waals surface area contributed by atoms with Crippen LogP contribution in [0.3, 0.4) is 0 Å². The van der Waals surface area contributed by atoms with Gasteiger partial charge in [0.1, 0.15) is 5.60 Å². The second-order valence-corrected chi connectivity index (χ2v) is 15.9. The Morgan fingerprint density at radius 2 is 1.36 bits per heavy atom. The zero-order chi connectivity index (χ0) is 26.6. The first-order valence-electron chi connectivity index (χ1n) is 12.7. The van der Waals surface area contributed by atoms with Gasteiger partial charge in [0.05, 0.1) is 13.0 Å². The second-order valence-electron chi connectivity index (χ2n) is 11.7. The van der Waals surface area contributed by atoms with Crippen molar-refractivity contribution in [3.8, 4) is 0 Å². The van der Waals surface area contributed by atoms with Crippen LogP contribution in [0.1, 0.15) is 60.8 Å². The molecule has 0 heterocycles. The fraction of sp³-hybridized carbons (Fsp3) is 0.517. The van der Waals surface area contributed by atoms with Gasteiger partial charge in [-0.1, -0.05) is 81.4 Å². The molecule has 3 rings (SSSR count).